The number of hydrogen-bond donors (Lipinski definition) is 2. The SMILES string of the molecule is COc1ccc(OCC(=O)NN=Cc2c(C)[nH]n(-c3ccc4ccccc4c3)c2=O)cc1. The zero-order valence-electron chi connectivity index (χ0n) is 17.7. The van der Waals surface area contributed by atoms with Crippen LogP contribution in [0.2, 0.25) is 0 Å². The molecular weight excluding hydrogens is 408 g/mol. The summed E-state index contributed by atoms with van der Waals surface area (Å²) < 4.78 is 11.9. The van der Waals surface area contributed by atoms with Crippen molar-refractivity contribution in [3.05, 3.63) is 88.3 Å². The van der Waals surface area contributed by atoms with Crippen LogP contribution in [0.3, 0.4) is 0 Å². The van der Waals surface area contributed by atoms with E-state index >= 15 is 0 Å². The summed E-state index contributed by atoms with van der Waals surface area (Å²) in [4.78, 5) is 24.8. The van der Waals surface area contributed by atoms with E-state index < -0.39 is 5.91 Å². The van der Waals surface area contributed by atoms with Gasteiger partial charge >= 0.3 is 0 Å². The number of methoxy groups -OCH3 is 1. The Labute approximate surface area is 184 Å². The van der Waals surface area contributed by atoms with Gasteiger partial charge in [-0.15, -0.1) is 0 Å². The van der Waals surface area contributed by atoms with Gasteiger partial charge in [-0.1, -0.05) is 30.3 Å². The number of ether oxygens (including phenoxy) is 2. The molecule has 8 nitrogen and oxygen atoms in total. The number of amides is 1. The molecule has 0 saturated heterocycles. The molecule has 0 radical (unpaired) electrons. The maximum absolute atomic E-state index is 12.9. The topological polar surface area (TPSA) is 97.7 Å². The Kier molecular flexibility index (Phi) is 6.03. The maximum Gasteiger partial charge on any atom is 0.280 e. The average Bonchev–Trinajstić information content (AvgIpc) is 3.11. The molecule has 1 heterocycles. The molecule has 3 aromatic carbocycles. The Balaban J connectivity index is 1.42. The average molecular weight is 430 g/mol. The zero-order valence-corrected chi connectivity index (χ0v) is 17.7. The van der Waals surface area contributed by atoms with Crippen LogP contribution in [0.15, 0.2) is 76.6 Å². The van der Waals surface area contributed by atoms with Crippen molar-refractivity contribution in [3.8, 4) is 17.2 Å². The van der Waals surface area contributed by atoms with E-state index in [-0.39, 0.29) is 12.2 Å². The van der Waals surface area contributed by atoms with Crippen molar-refractivity contribution in [2.75, 3.05) is 13.7 Å². The van der Waals surface area contributed by atoms with Crippen molar-refractivity contribution in [1.82, 2.24) is 15.2 Å². The number of aromatic nitrogens is 2. The Morgan fingerprint density at radius 2 is 1.78 bits per heavy atom. The largest absolute Gasteiger partial charge is 0.497 e. The zero-order chi connectivity index (χ0) is 22.5. The number of fused-ring (bicyclic) bond motifs is 1. The number of aryl methyl sites for hydroxylation is 1. The molecule has 0 aliphatic rings. The molecule has 0 unspecified atom stereocenters. The van der Waals surface area contributed by atoms with E-state index in [1.165, 1.54) is 10.9 Å². The maximum atomic E-state index is 12.9. The number of hydrogen-bond acceptors (Lipinski definition) is 5. The summed E-state index contributed by atoms with van der Waals surface area (Å²) >= 11 is 0. The minimum absolute atomic E-state index is 0.211. The summed E-state index contributed by atoms with van der Waals surface area (Å²) in [6.45, 7) is 1.56. The smallest absolute Gasteiger partial charge is 0.280 e. The third kappa shape index (κ3) is 4.54. The first-order valence-corrected chi connectivity index (χ1v) is 9.95. The predicted molar refractivity (Wildman–Crippen MR) is 123 cm³/mol. The van der Waals surface area contributed by atoms with Gasteiger partial charge in [0.25, 0.3) is 11.5 Å². The van der Waals surface area contributed by atoms with Gasteiger partial charge in [0, 0.05) is 5.69 Å². The number of nitrogens with one attached hydrogen (secondary N) is 2. The van der Waals surface area contributed by atoms with E-state index in [1.807, 2.05) is 42.5 Å². The van der Waals surface area contributed by atoms with Crippen molar-refractivity contribution in [2.24, 2.45) is 5.10 Å². The van der Waals surface area contributed by atoms with E-state index in [0.717, 1.165) is 10.8 Å². The van der Waals surface area contributed by atoms with Crippen LogP contribution in [-0.4, -0.2) is 35.6 Å². The van der Waals surface area contributed by atoms with E-state index in [1.54, 1.807) is 38.3 Å². The van der Waals surface area contributed by atoms with Crippen LogP contribution in [-0.2, 0) is 4.79 Å². The lowest BCUT2D eigenvalue weighted by atomic mass is 10.1. The first-order valence-electron chi connectivity index (χ1n) is 9.95. The van der Waals surface area contributed by atoms with Gasteiger partial charge in [0.2, 0.25) is 0 Å². The summed E-state index contributed by atoms with van der Waals surface area (Å²) in [5.41, 5.74) is 3.82. The molecular formula is C24H22N4O4. The molecule has 0 aliphatic heterocycles. The van der Waals surface area contributed by atoms with E-state index in [2.05, 4.69) is 15.6 Å². The number of carbonyl (C=O) groups is 1. The van der Waals surface area contributed by atoms with Gasteiger partial charge in [-0.2, -0.15) is 5.10 Å². The minimum atomic E-state index is -0.444. The van der Waals surface area contributed by atoms with E-state index in [0.29, 0.717) is 28.4 Å². The first-order chi connectivity index (χ1) is 15.5. The van der Waals surface area contributed by atoms with Crippen LogP contribution >= 0.6 is 0 Å². The van der Waals surface area contributed by atoms with Crippen molar-refractivity contribution >= 4 is 22.9 Å². The molecule has 0 aliphatic carbocycles. The number of benzene rings is 3. The van der Waals surface area contributed by atoms with Crippen molar-refractivity contribution in [1.29, 1.82) is 0 Å². The van der Waals surface area contributed by atoms with E-state index in [4.69, 9.17) is 9.47 Å². The summed E-state index contributed by atoms with van der Waals surface area (Å²) in [7, 11) is 1.57. The molecule has 1 amide bonds. The third-order valence-electron chi connectivity index (χ3n) is 4.92. The fourth-order valence-corrected chi connectivity index (χ4v) is 3.23. The Bertz CT molecular complexity index is 1340. The molecule has 0 bridgehead atoms. The Hall–Kier alpha value is -4.33. The van der Waals surface area contributed by atoms with Gasteiger partial charge in [0.15, 0.2) is 6.61 Å². The van der Waals surface area contributed by atoms with Crippen LogP contribution in [0.25, 0.3) is 16.5 Å². The number of aromatic amines is 1. The molecule has 4 aromatic rings. The predicted octanol–water partition coefficient (Wildman–Crippen LogP) is 3.16. The highest BCUT2D eigenvalue weighted by Gasteiger charge is 2.11. The van der Waals surface area contributed by atoms with Gasteiger partial charge in [-0.3, -0.25) is 14.7 Å². The third-order valence-corrected chi connectivity index (χ3v) is 4.92. The van der Waals surface area contributed by atoms with E-state index in [9.17, 15) is 9.59 Å². The minimum Gasteiger partial charge on any atom is -0.497 e. The second-order valence-corrected chi connectivity index (χ2v) is 7.08. The van der Waals surface area contributed by atoms with Crippen molar-refractivity contribution in [2.45, 2.75) is 6.92 Å². The van der Waals surface area contributed by atoms with Crippen LogP contribution < -0.4 is 20.5 Å². The number of nitrogens with zero attached hydrogens (tertiary/aromatic N) is 2. The second kappa shape index (κ2) is 9.22. The molecule has 4 rings (SSSR count). The van der Waals surface area contributed by atoms with Gasteiger partial charge in [0.1, 0.15) is 11.5 Å². The molecule has 0 fully saturated rings. The standard InChI is InChI=1S/C24H22N4O4/c1-16-22(14-25-26-23(29)15-32-21-11-9-20(31-2)10-12-21)24(30)28(27-16)19-8-7-17-5-3-4-6-18(17)13-19/h3-14,27H,15H2,1-2H3,(H,26,29). The Morgan fingerprint density at radius 3 is 2.53 bits per heavy atom. The summed E-state index contributed by atoms with van der Waals surface area (Å²) in [6.07, 6.45) is 1.33. The fourth-order valence-electron chi connectivity index (χ4n) is 3.23. The number of hydrazone groups is 1. The number of carbonyl (C=O) groups excluding carboxylic acids is 1. The van der Waals surface area contributed by atoms with Gasteiger partial charge in [-0.05, 0) is 54.1 Å². The highest BCUT2D eigenvalue weighted by atomic mass is 16.5. The van der Waals surface area contributed by atoms with Crippen LogP contribution in [0.1, 0.15) is 11.3 Å². The Morgan fingerprint density at radius 1 is 1.06 bits per heavy atom. The lowest BCUT2D eigenvalue weighted by Crippen LogP contribution is -2.25. The molecule has 8 heteroatoms. The summed E-state index contributed by atoms with van der Waals surface area (Å²) in [5.74, 6) is 0.785. The monoisotopic (exact) mass is 430 g/mol. The molecule has 2 N–H and O–H groups in total. The molecule has 0 saturated carbocycles. The highest BCUT2D eigenvalue weighted by Crippen LogP contribution is 2.18. The first kappa shape index (κ1) is 20.9. The van der Waals surface area contributed by atoms with Gasteiger partial charge < -0.3 is 9.47 Å². The summed E-state index contributed by atoms with van der Waals surface area (Å²) in [6, 6.07) is 20.6. The highest BCUT2D eigenvalue weighted by molar-refractivity contribution is 5.85. The van der Waals surface area contributed by atoms with Gasteiger partial charge in [0.05, 0.1) is 24.6 Å². The normalized spacial score (nSPS) is 11.1. The molecule has 1 aromatic heterocycles. The fraction of sp³-hybridized carbons (Fsp3) is 0.125. The molecule has 32 heavy (non-hydrogen) atoms. The quantitative estimate of drug-likeness (QED) is 0.348. The van der Waals surface area contributed by atoms with Crippen molar-refractivity contribution < 1.29 is 14.3 Å². The summed E-state index contributed by atoms with van der Waals surface area (Å²) in [5, 5.41) is 9.08. The van der Waals surface area contributed by atoms with Crippen LogP contribution in [0.4, 0.5) is 0 Å². The molecule has 0 atom stereocenters. The van der Waals surface area contributed by atoms with Gasteiger partial charge in [-0.25, -0.2) is 10.1 Å². The molecule has 0 spiro atoms. The van der Waals surface area contributed by atoms with Crippen LogP contribution in [0, 0.1) is 6.92 Å². The number of rotatable bonds is 7. The lowest BCUT2D eigenvalue weighted by molar-refractivity contribution is -0.123. The van der Waals surface area contributed by atoms with Crippen LogP contribution in [0.5, 0.6) is 11.5 Å². The lowest BCUT2D eigenvalue weighted by Gasteiger charge is -2.05. The molecule has 162 valence electrons. The van der Waals surface area contributed by atoms with Crippen molar-refractivity contribution in [3.63, 3.8) is 0 Å². The number of H-pyrrole nitrogens is 1. The second-order valence-electron chi connectivity index (χ2n) is 7.08.